The van der Waals surface area contributed by atoms with Crippen molar-refractivity contribution in [3.8, 4) is 33.4 Å². The standard InChI is InChI=1S/C49H35NS/c1-49(2)45-21-10-8-18-40(45)41-28-27-36(31-46(41)49)50(35-25-23-34(24-26-35)39-20-12-16-32-15-6-7-17-38(32)39)37-29-43(33-13-4-3-5-14-33)48-44(30-37)42-19-9-11-22-47(42)51-48/h3-31H,1-2H3. The van der Waals surface area contributed by atoms with Gasteiger partial charge in [0.15, 0.2) is 0 Å². The number of rotatable bonds is 5. The second-order valence-electron chi connectivity index (χ2n) is 14.1. The van der Waals surface area contributed by atoms with Crippen LogP contribution in [0.5, 0.6) is 0 Å². The highest BCUT2D eigenvalue weighted by molar-refractivity contribution is 7.26. The maximum absolute atomic E-state index is 2.46. The summed E-state index contributed by atoms with van der Waals surface area (Å²) in [6, 6.07) is 64.9. The molecule has 0 aliphatic heterocycles. The van der Waals surface area contributed by atoms with Gasteiger partial charge in [-0.25, -0.2) is 0 Å². The van der Waals surface area contributed by atoms with Gasteiger partial charge in [0.25, 0.3) is 0 Å². The van der Waals surface area contributed by atoms with E-state index >= 15 is 0 Å². The highest BCUT2D eigenvalue weighted by atomic mass is 32.1. The van der Waals surface area contributed by atoms with Crippen molar-refractivity contribution in [2.75, 3.05) is 4.90 Å². The van der Waals surface area contributed by atoms with E-state index in [1.807, 2.05) is 11.3 Å². The molecule has 0 N–H and O–H groups in total. The fraction of sp³-hybridized carbons (Fsp3) is 0.0612. The van der Waals surface area contributed by atoms with E-state index in [0.29, 0.717) is 0 Å². The molecule has 8 aromatic carbocycles. The lowest BCUT2D eigenvalue weighted by Crippen LogP contribution is -2.16. The summed E-state index contributed by atoms with van der Waals surface area (Å²) in [6.07, 6.45) is 0. The smallest absolute Gasteiger partial charge is 0.0475 e. The molecule has 242 valence electrons. The van der Waals surface area contributed by atoms with Crippen molar-refractivity contribution in [3.05, 3.63) is 187 Å². The summed E-state index contributed by atoms with van der Waals surface area (Å²) in [6.45, 7) is 4.73. The maximum Gasteiger partial charge on any atom is 0.0475 e. The minimum absolute atomic E-state index is 0.103. The molecule has 1 aliphatic carbocycles. The number of thiophene rings is 1. The van der Waals surface area contributed by atoms with Crippen LogP contribution >= 0.6 is 11.3 Å². The molecule has 1 aromatic heterocycles. The molecular formula is C49H35NS. The molecule has 10 rings (SSSR count). The molecule has 0 fully saturated rings. The van der Waals surface area contributed by atoms with Crippen molar-refractivity contribution < 1.29 is 0 Å². The van der Waals surface area contributed by atoms with Crippen LogP contribution in [0.3, 0.4) is 0 Å². The van der Waals surface area contributed by atoms with E-state index in [1.54, 1.807) is 0 Å². The lowest BCUT2D eigenvalue weighted by Gasteiger charge is -2.29. The lowest BCUT2D eigenvalue weighted by molar-refractivity contribution is 0.660. The Balaban J connectivity index is 1.21. The van der Waals surface area contributed by atoms with Gasteiger partial charge >= 0.3 is 0 Å². The Bertz CT molecular complexity index is 2770. The van der Waals surface area contributed by atoms with E-state index < -0.39 is 0 Å². The van der Waals surface area contributed by atoms with Gasteiger partial charge in [-0.3, -0.25) is 0 Å². The second kappa shape index (κ2) is 11.6. The van der Waals surface area contributed by atoms with Crippen LogP contribution < -0.4 is 4.90 Å². The normalized spacial score (nSPS) is 13.1. The summed E-state index contributed by atoms with van der Waals surface area (Å²) in [5, 5.41) is 5.12. The van der Waals surface area contributed by atoms with Crippen LogP contribution in [-0.2, 0) is 5.41 Å². The topological polar surface area (TPSA) is 3.24 Å². The summed E-state index contributed by atoms with van der Waals surface area (Å²) in [4.78, 5) is 2.46. The molecule has 0 atom stereocenters. The van der Waals surface area contributed by atoms with Crippen molar-refractivity contribution in [2.45, 2.75) is 19.3 Å². The van der Waals surface area contributed by atoms with Gasteiger partial charge in [-0.15, -0.1) is 11.3 Å². The molecule has 0 radical (unpaired) electrons. The van der Waals surface area contributed by atoms with Gasteiger partial charge in [0.1, 0.15) is 0 Å². The zero-order chi connectivity index (χ0) is 34.1. The average molecular weight is 670 g/mol. The van der Waals surface area contributed by atoms with Crippen molar-refractivity contribution in [2.24, 2.45) is 0 Å². The van der Waals surface area contributed by atoms with Gasteiger partial charge < -0.3 is 4.90 Å². The minimum Gasteiger partial charge on any atom is -0.310 e. The van der Waals surface area contributed by atoms with Gasteiger partial charge in [-0.05, 0) is 92.2 Å². The van der Waals surface area contributed by atoms with E-state index in [0.717, 1.165) is 17.1 Å². The molecular weight excluding hydrogens is 635 g/mol. The van der Waals surface area contributed by atoms with E-state index in [2.05, 4.69) is 195 Å². The first-order valence-electron chi connectivity index (χ1n) is 17.7. The molecule has 2 heteroatoms. The molecule has 0 spiro atoms. The molecule has 0 bridgehead atoms. The predicted octanol–water partition coefficient (Wildman–Crippen LogP) is 14.3. The van der Waals surface area contributed by atoms with Crippen LogP contribution in [-0.4, -0.2) is 0 Å². The largest absolute Gasteiger partial charge is 0.310 e. The lowest BCUT2D eigenvalue weighted by atomic mass is 9.82. The molecule has 0 saturated carbocycles. The van der Waals surface area contributed by atoms with Crippen molar-refractivity contribution in [3.63, 3.8) is 0 Å². The first-order chi connectivity index (χ1) is 25.0. The molecule has 0 amide bonds. The van der Waals surface area contributed by atoms with Gasteiger partial charge in [0.2, 0.25) is 0 Å². The third-order valence-corrected chi connectivity index (χ3v) is 12.1. The molecule has 9 aromatic rings. The Hall–Kier alpha value is -5.96. The third-order valence-electron chi connectivity index (χ3n) is 10.9. The summed E-state index contributed by atoms with van der Waals surface area (Å²) in [5.41, 5.74) is 13.7. The number of hydrogen-bond acceptors (Lipinski definition) is 2. The number of benzene rings is 8. The molecule has 1 nitrogen and oxygen atoms in total. The zero-order valence-electron chi connectivity index (χ0n) is 28.6. The van der Waals surface area contributed by atoms with E-state index in [4.69, 9.17) is 0 Å². The number of nitrogens with zero attached hydrogens (tertiary/aromatic N) is 1. The van der Waals surface area contributed by atoms with Crippen LogP contribution in [0.4, 0.5) is 17.1 Å². The molecule has 51 heavy (non-hydrogen) atoms. The van der Waals surface area contributed by atoms with Gasteiger partial charge in [0.05, 0.1) is 0 Å². The second-order valence-corrected chi connectivity index (χ2v) is 15.2. The minimum atomic E-state index is -0.103. The SMILES string of the molecule is CC1(C)c2ccccc2-c2ccc(N(c3ccc(-c4cccc5ccccc45)cc3)c3cc(-c4ccccc4)c4sc5ccccc5c4c3)cc21. The van der Waals surface area contributed by atoms with Crippen LogP contribution in [0.1, 0.15) is 25.0 Å². The summed E-state index contributed by atoms with van der Waals surface area (Å²) >= 11 is 1.89. The number of fused-ring (bicyclic) bond motifs is 7. The quantitative estimate of drug-likeness (QED) is 0.176. The van der Waals surface area contributed by atoms with Crippen molar-refractivity contribution in [1.29, 1.82) is 0 Å². The van der Waals surface area contributed by atoms with Crippen LogP contribution in [0, 0.1) is 0 Å². The first-order valence-corrected chi connectivity index (χ1v) is 18.5. The van der Waals surface area contributed by atoms with Crippen molar-refractivity contribution in [1.82, 2.24) is 0 Å². The molecule has 0 unspecified atom stereocenters. The number of anilines is 3. The molecule has 1 heterocycles. The van der Waals surface area contributed by atoms with Crippen LogP contribution in [0.2, 0.25) is 0 Å². The highest BCUT2D eigenvalue weighted by Gasteiger charge is 2.35. The molecule has 0 saturated heterocycles. The Morgan fingerprint density at radius 3 is 1.92 bits per heavy atom. The third kappa shape index (κ3) is 4.75. The first kappa shape index (κ1) is 29.9. The summed E-state index contributed by atoms with van der Waals surface area (Å²) in [5.74, 6) is 0. The zero-order valence-corrected chi connectivity index (χ0v) is 29.4. The van der Waals surface area contributed by atoms with E-state index in [9.17, 15) is 0 Å². The summed E-state index contributed by atoms with van der Waals surface area (Å²) in [7, 11) is 0. The average Bonchev–Trinajstić information content (AvgIpc) is 3.67. The highest BCUT2D eigenvalue weighted by Crippen LogP contribution is 2.51. The van der Waals surface area contributed by atoms with E-state index in [-0.39, 0.29) is 5.41 Å². The Morgan fingerprint density at radius 2 is 1.06 bits per heavy atom. The predicted molar refractivity (Wildman–Crippen MR) is 220 cm³/mol. The fourth-order valence-corrected chi connectivity index (χ4v) is 9.54. The maximum atomic E-state index is 2.46. The van der Waals surface area contributed by atoms with Crippen molar-refractivity contribution >= 4 is 59.3 Å². The Morgan fingerprint density at radius 1 is 0.412 bits per heavy atom. The summed E-state index contributed by atoms with van der Waals surface area (Å²) < 4.78 is 2.63. The fourth-order valence-electron chi connectivity index (χ4n) is 8.32. The Kier molecular flexibility index (Phi) is 6.78. The number of hydrogen-bond donors (Lipinski definition) is 0. The van der Waals surface area contributed by atoms with Gasteiger partial charge in [-0.1, -0.05) is 147 Å². The molecule has 1 aliphatic rings. The van der Waals surface area contributed by atoms with Crippen LogP contribution in [0.25, 0.3) is 64.3 Å². The van der Waals surface area contributed by atoms with Gasteiger partial charge in [0, 0.05) is 48.2 Å². The van der Waals surface area contributed by atoms with Crippen LogP contribution in [0.15, 0.2) is 176 Å². The Labute approximate surface area is 302 Å². The van der Waals surface area contributed by atoms with Gasteiger partial charge in [-0.2, -0.15) is 0 Å². The van der Waals surface area contributed by atoms with E-state index in [1.165, 1.54) is 75.5 Å². The monoisotopic (exact) mass is 669 g/mol.